The minimum absolute atomic E-state index is 0.190. The molecule has 2 aromatic rings. The highest BCUT2D eigenvalue weighted by Crippen LogP contribution is 2.27. The van der Waals surface area contributed by atoms with Crippen LogP contribution < -0.4 is 10.2 Å². The molecule has 1 unspecified atom stereocenters. The third-order valence-corrected chi connectivity index (χ3v) is 3.99. The van der Waals surface area contributed by atoms with Gasteiger partial charge in [0.05, 0.1) is 18.2 Å². The maximum atomic E-state index is 12.3. The predicted molar refractivity (Wildman–Crippen MR) is 86.3 cm³/mol. The van der Waals surface area contributed by atoms with Crippen molar-refractivity contribution < 1.29 is 9.59 Å². The third kappa shape index (κ3) is 2.93. The van der Waals surface area contributed by atoms with Crippen molar-refractivity contribution in [3.8, 4) is 0 Å². The number of carbonyl (C=O) groups excluding carboxylic acids is 2. The largest absolute Gasteiger partial charge is 0.330 e. The second-order valence-corrected chi connectivity index (χ2v) is 5.84. The Labute approximate surface area is 137 Å². The maximum absolute atomic E-state index is 12.3. The van der Waals surface area contributed by atoms with Crippen LogP contribution in [0.1, 0.15) is 18.0 Å². The summed E-state index contributed by atoms with van der Waals surface area (Å²) in [6.45, 7) is 0. The fourth-order valence-corrected chi connectivity index (χ4v) is 2.64. The van der Waals surface area contributed by atoms with Crippen LogP contribution in [0.3, 0.4) is 0 Å². The highest BCUT2D eigenvalue weighted by molar-refractivity contribution is 6.31. The van der Waals surface area contributed by atoms with Gasteiger partial charge >= 0.3 is 6.03 Å². The summed E-state index contributed by atoms with van der Waals surface area (Å²) in [5, 5.41) is 4.00. The Kier molecular flexibility index (Phi) is 4.05. The summed E-state index contributed by atoms with van der Waals surface area (Å²) >= 11 is 11.7. The minimum Gasteiger partial charge on any atom is -0.330 e. The number of rotatable bonds is 2. The van der Waals surface area contributed by atoms with Crippen LogP contribution in [0, 0.1) is 0 Å². The highest BCUT2D eigenvalue weighted by Gasteiger charge is 2.33. The molecule has 4 nitrogen and oxygen atoms in total. The molecule has 1 atom stereocenters. The quantitative estimate of drug-likeness (QED) is 0.895. The van der Waals surface area contributed by atoms with Gasteiger partial charge in [-0.15, -0.1) is 0 Å². The lowest BCUT2D eigenvalue weighted by molar-refractivity contribution is -0.119. The molecular weight excluding hydrogens is 323 g/mol. The van der Waals surface area contributed by atoms with Gasteiger partial charge in [0.25, 0.3) is 0 Å². The molecule has 1 aliphatic rings. The van der Waals surface area contributed by atoms with Crippen molar-refractivity contribution in [2.75, 3.05) is 4.90 Å². The molecule has 0 radical (unpaired) electrons. The standard InChI is InChI=1S/C16H12Cl2N2O2/c17-11-3-1-10(2-4-11)14-9-15(21)20(16(22)19-14)13-7-5-12(18)6-8-13/h1-8,14H,9H2,(H,19,22). The van der Waals surface area contributed by atoms with Crippen molar-refractivity contribution in [3.63, 3.8) is 0 Å². The van der Waals surface area contributed by atoms with E-state index in [0.717, 1.165) is 10.5 Å². The van der Waals surface area contributed by atoms with E-state index in [2.05, 4.69) is 5.32 Å². The van der Waals surface area contributed by atoms with Crippen LogP contribution in [-0.4, -0.2) is 11.9 Å². The van der Waals surface area contributed by atoms with Gasteiger partial charge in [0.2, 0.25) is 5.91 Å². The second-order valence-electron chi connectivity index (χ2n) is 4.96. The van der Waals surface area contributed by atoms with Crippen LogP contribution in [-0.2, 0) is 4.79 Å². The van der Waals surface area contributed by atoms with E-state index in [9.17, 15) is 9.59 Å². The lowest BCUT2D eigenvalue weighted by atomic mass is 10.0. The van der Waals surface area contributed by atoms with E-state index in [-0.39, 0.29) is 18.4 Å². The normalized spacial score (nSPS) is 18.3. The molecule has 0 saturated carbocycles. The fourth-order valence-electron chi connectivity index (χ4n) is 2.39. The number of nitrogens with one attached hydrogen (secondary N) is 1. The molecule has 1 heterocycles. The van der Waals surface area contributed by atoms with Crippen molar-refractivity contribution in [1.29, 1.82) is 0 Å². The molecule has 22 heavy (non-hydrogen) atoms. The Balaban J connectivity index is 1.82. The van der Waals surface area contributed by atoms with Crippen LogP contribution in [0.25, 0.3) is 0 Å². The van der Waals surface area contributed by atoms with Crippen LogP contribution in [0.4, 0.5) is 10.5 Å². The van der Waals surface area contributed by atoms with Gasteiger partial charge < -0.3 is 5.32 Å². The number of hydrogen-bond acceptors (Lipinski definition) is 2. The molecule has 0 aromatic heterocycles. The van der Waals surface area contributed by atoms with Gasteiger partial charge in [0.15, 0.2) is 0 Å². The lowest BCUT2D eigenvalue weighted by Gasteiger charge is -2.31. The maximum Gasteiger partial charge on any atom is 0.329 e. The monoisotopic (exact) mass is 334 g/mol. The molecule has 1 saturated heterocycles. The van der Waals surface area contributed by atoms with E-state index in [4.69, 9.17) is 23.2 Å². The lowest BCUT2D eigenvalue weighted by Crippen LogP contribution is -2.51. The van der Waals surface area contributed by atoms with Gasteiger partial charge in [-0.1, -0.05) is 35.3 Å². The predicted octanol–water partition coefficient (Wildman–Crippen LogP) is 4.18. The smallest absolute Gasteiger partial charge is 0.329 e. The molecule has 0 spiro atoms. The van der Waals surface area contributed by atoms with Gasteiger partial charge in [-0.3, -0.25) is 4.79 Å². The number of amides is 3. The molecule has 0 aliphatic carbocycles. The van der Waals surface area contributed by atoms with E-state index in [1.807, 2.05) is 0 Å². The number of carbonyl (C=O) groups is 2. The van der Waals surface area contributed by atoms with Crippen molar-refractivity contribution in [3.05, 3.63) is 64.1 Å². The van der Waals surface area contributed by atoms with Crippen LogP contribution in [0.5, 0.6) is 0 Å². The topological polar surface area (TPSA) is 49.4 Å². The van der Waals surface area contributed by atoms with Crippen molar-refractivity contribution >= 4 is 40.8 Å². The van der Waals surface area contributed by atoms with Gasteiger partial charge in [-0.25, -0.2) is 9.69 Å². The van der Waals surface area contributed by atoms with Crippen LogP contribution >= 0.6 is 23.2 Å². The van der Waals surface area contributed by atoms with Gasteiger partial charge in [-0.2, -0.15) is 0 Å². The number of imide groups is 1. The summed E-state index contributed by atoms with van der Waals surface area (Å²) in [6, 6.07) is 12.9. The Morgan fingerprint density at radius 3 is 2.00 bits per heavy atom. The average Bonchev–Trinajstić information content (AvgIpc) is 2.49. The summed E-state index contributed by atoms with van der Waals surface area (Å²) < 4.78 is 0. The first-order chi connectivity index (χ1) is 10.5. The minimum atomic E-state index is -0.446. The molecule has 2 aromatic carbocycles. The Hall–Kier alpha value is -2.04. The van der Waals surface area contributed by atoms with E-state index >= 15 is 0 Å². The Morgan fingerprint density at radius 2 is 1.45 bits per heavy atom. The molecule has 1 aliphatic heterocycles. The molecule has 112 valence electrons. The van der Waals surface area contributed by atoms with E-state index < -0.39 is 6.03 Å². The van der Waals surface area contributed by atoms with Gasteiger partial charge in [0, 0.05) is 10.0 Å². The highest BCUT2D eigenvalue weighted by atomic mass is 35.5. The number of anilines is 1. The molecular formula is C16H12Cl2N2O2. The van der Waals surface area contributed by atoms with Crippen LogP contribution in [0.2, 0.25) is 10.0 Å². The van der Waals surface area contributed by atoms with Gasteiger partial charge in [-0.05, 0) is 42.0 Å². The number of benzene rings is 2. The zero-order valence-electron chi connectivity index (χ0n) is 11.4. The molecule has 6 heteroatoms. The Morgan fingerprint density at radius 1 is 0.909 bits per heavy atom. The first kappa shape index (κ1) is 14.9. The first-order valence-electron chi connectivity index (χ1n) is 6.69. The zero-order valence-corrected chi connectivity index (χ0v) is 12.9. The van der Waals surface area contributed by atoms with Crippen LogP contribution in [0.15, 0.2) is 48.5 Å². The summed E-state index contributed by atoms with van der Waals surface area (Å²) in [7, 11) is 0. The van der Waals surface area contributed by atoms with Crippen molar-refractivity contribution in [2.24, 2.45) is 0 Å². The van der Waals surface area contributed by atoms with E-state index in [1.165, 1.54) is 0 Å². The number of nitrogens with zero attached hydrogens (tertiary/aromatic N) is 1. The van der Waals surface area contributed by atoms with E-state index in [1.54, 1.807) is 48.5 Å². The SMILES string of the molecule is O=C1CC(c2ccc(Cl)cc2)NC(=O)N1c1ccc(Cl)cc1. The van der Waals surface area contributed by atoms with Crippen molar-refractivity contribution in [1.82, 2.24) is 5.32 Å². The molecule has 1 fully saturated rings. The number of halogens is 2. The number of hydrogen-bond donors (Lipinski definition) is 1. The summed E-state index contributed by atoms with van der Waals surface area (Å²) in [5.74, 6) is -0.258. The fraction of sp³-hybridized carbons (Fsp3) is 0.125. The third-order valence-electron chi connectivity index (χ3n) is 3.49. The summed E-state index contributed by atoms with van der Waals surface area (Å²) in [4.78, 5) is 25.8. The van der Waals surface area contributed by atoms with Crippen molar-refractivity contribution in [2.45, 2.75) is 12.5 Å². The number of urea groups is 1. The second kappa shape index (κ2) is 5.99. The molecule has 3 rings (SSSR count). The molecule has 3 amide bonds. The van der Waals surface area contributed by atoms with E-state index in [0.29, 0.717) is 15.7 Å². The van der Waals surface area contributed by atoms with Gasteiger partial charge in [0.1, 0.15) is 0 Å². The molecule has 1 N–H and O–H groups in total. The molecule has 0 bridgehead atoms. The first-order valence-corrected chi connectivity index (χ1v) is 7.44. The summed E-state index contributed by atoms with van der Waals surface area (Å²) in [5.41, 5.74) is 1.35. The average molecular weight is 335 g/mol. The Bertz CT molecular complexity index is 696. The summed E-state index contributed by atoms with van der Waals surface area (Å²) in [6.07, 6.45) is 0.190. The zero-order chi connectivity index (χ0) is 15.7.